The molecule has 4 aliphatic heterocycles. The average Bonchev–Trinajstić information content (AvgIpc) is 3.32. The Morgan fingerprint density at radius 3 is 2.62 bits per heavy atom. The Bertz CT molecular complexity index is 1000. The third kappa shape index (κ3) is 4.01. The number of hydrogen-bond donors (Lipinski definition) is 6. The van der Waals surface area contributed by atoms with E-state index in [0.717, 1.165) is 0 Å². The maximum absolute atomic E-state index is 14.5. The van der Waals surface area contributed by atoms with Crippen molar-refractivity contribution in [1.29, 1.82) is 0 Å². The van der Waals surface area contributed by atoms with Crippen LogP contribution >= 0.6 is 19.9 Å². The van der Waals surface area contributed by atoms with E-state index < -0.39 is 72.5 Å². The number of nitrogens with zero attached hydrogens (tertiary/aromatic N) is 1. The summed E-state index contributed by atoms with van der Waals surface area (Å²) in [5, 5.41) is 8.99. The number of nitrogens with two attached hydrogens (primary N) is 1. The van der Waals surface area contributed by atoms with Gasteiger partial charge in [0.15, 0.2) is 0 Å². The molecule has 1 aromatic carbocycles. The molecule has 2 fully saturated rings. The fourth-order valence-electron chi connectivity index (χ4n) is 4.27. The van der Waals surface area contributed by atoms with Crippen LogP contribution in [0.2, 0.25) is 0 Å². The molecule has 7 N–H and O–H groups in total. The van der Waals surface area contributed by atoms with E-state index in [4.69, 9.17) is 24.3 Å². The second-order valence-electron chi connectivity index (χ2n) is 7.82. The van der Waals surface area contributed by atoms with Crippen molar-refractivity contribution in [3.8, 4) is 0 Å². The van der Waals surface area contributed by atoms with Crippen molar-refractivity contribution in [1.82, 2.24) is 20.9 Å². The molecule has 190 valence electrons. The predicted molar refractivity (Wildman–Crippen MR) is 110 cm³/mol. The van der Waals surface area contributed by atoms with E-state index in [-0.39, 0.29) is 19.3 Å². The van der Waals surface area contributed by atoms with Gasteiger partial charge in [-0.2, -0.15) is 0 Å². The first-order valence-corrected chi connectivity index (χ1v) is 12.7. The van der Waals surface area contributed by atoms with Gasteiger partial charge in [0.2, 0.25) is 0 Å². The van der Waals surface area contributed by atoms with Crippen LogP contribution < -0.4 is 21.7 Å². The minimum absolute atomic E-state index is 0.127. The third-order valence-corrected chi connectivity index (χ3v) is 8.08. The summed E-state index contributed by atoms with van der Waals surface area (Å²) in [6.07, 6.45) is -4.32. The molecular formula is C17H22F4N5O6PS. The molecule has 5 rings (SSSR count). The molecular weight excluding hydrogens is 509 g/mol. The molecule has 2 saturated heterocycles. The van der Waals surface area contributed by atoms with Crippen LogP contribution in [-0.2, 0) is 18.5 Å². The summed E-state index contributed by atoms with van der Waals surface area (Å²) in [5.74, 6) is -5.80. The van der Waals surface area contributed by atoms with Crippen molar-refractivity contribution in [3.05, 3.63) is 40.9 Å². The van der Waals surface area contributed by atoms with Gasteiger partial charge in [0.1, 0.15) is 0 Å². The van der Waals surface area contributed by atoms with E-state index in [2.05, 4.69) is 16.0 Å². The summed E-state index contributed by atoms with van der Waals surface area (Å²) in [5.41, 5.74) is 5.45. The van der Waals surface area contributed by atoms with Crippen molar-refractivity contribution in [2.45, 2.75) is 41.1 Å². The first kappa shape index (κ1) is 24.2. The van der Waals surface area contributed by atoms with Crippen molar-refractivity contribution in [2.24, 2.45) is 5.73 Å². The van der Waals surface area contributed by atoms with E-state index in [1.165, 1.54) is 12.0 Å². The minimum atomic E-state index is -4.39. The molecule has 4 aliphatic rings. The number of methoxy groups -OCH3 is 1. The summed E-state index contributed by atoms with van der Waals surface area (Å²) in [6, 6.07) is 0.127. The molecule has 0 radical (unpaired) electrons. The van der Waals surface area contributed by atoms with Crippen LogP contribution in [0.1, 0.15) is 0 Å². The van der Waals surface area contributed by atoms with E-state index in [0.29, 0.717) is 23.3 Å². The van der Waals surface area contributed by atoms with Crippen molar-refractivity contribution >= 4 is 19.9 Å². The van der Waals surface area contributed by atoms with E-state index in [1.807, 2.05) is 0 Å². The predicted octanol–water partition coefficient (Wildman–Crippen LogP) is -0.322. The summed E-state index contributed by atoms with van der Waals surface area (Å²) in [7, 11) is -3.04. The van der Waals surface area contributed by atoms with Crippen LogP contribution in [0.25, 0.3) is 0 Å². The molecule has 5 unspecified atom stereocenters. The Kier molecular flexibility index (Phi) is 6.34. The number of hydrogen-bond acceptors (Lipinski definition) is 12. The van der Waals surface area contributed by atoms with Gasteiger partial charge in [0, 0.05) is 0 Å². The van der Waals surface area contributed by atoms with Gasteiger partial charge in [0.25, 0.3) is 0 Å². The molecule has 4 heterocycles. The summed E-state index contributed by atoms with van der Waals surface area (Å²) in [4.78, 5) is 20.4. The van der Waals surface area contributed by atoms with Crippen LogP contribution in [-0.4, -0.2) is 71.3 Å². The number of thioether (sulfide) groups is 1. The van der Waals surface area contributed by atoms with Gasteiger partial charge in [-0.25, -0.2) is 0 Å². The van der Waals surface area contributed by atoms with Gasteiger partial charge >= 0.3 is 195 Å². The van der Waals surface area contributed by atoms with Crippen LogP contribution in [0.15, 0.2) is 22.5 Å². The topological polar surface area (TPSA) is 143 Å². The van der Waals surface area contributed by atoms with Gasteiger partial charge < -0.3 is 0 Å². The Hall–Kier alpha value is -1.46. The SMILES string of the molecule is COC1C(N2C3=C(NC2Sc2c(F)c(F)cc(F)c2F)C(N)NCN3)OC2CO[PH](O)(O)O[C@H]21. The quantitative estimate of drug-likeness (QED) is 0.172. The molecule has 34 heavy (non-hydrogen) atoms. The molecule has 11 nitrogen and oxygen atoms in total. The molecule has 0 spiro atoms. The number of fused-ring (bicyclic) bond motifs is 1. The van der Waals surface area contributed by atoms with Crippen molar-refractivity contribution in [2.75, 3.05) is 20.4 Å². The first-order chi connectivity index (χ1) is 16.1. The number of benzene rings is 1. The number of rotatable bonds is 4. The molecule has 0 amide bonds. The Balaban J connectivity index is 1.52. The number of nitrogens with one attached hydrogen (secondary N) is 3. The van der Waals surface area contributed by atoms with Gasteiger partial charge in [-0.05, 0) is 0 Å². The molecule has 0 aliphatic carbocycles. The third-order valence-electron chi connectivity index (χ3n) is 5.79. The fourth-order valence-corrected chi connectivity index (χ4v) is 6.51. The zero-order valence-corrected chi connectivity index (χ0v) is 19.2. The normalized spacial score (nSPS) is 35.5. The van der Waals surface area contributed by atoms with Crippen LogP contribution in [0.3, 0.4) is 0 Å². The molecule has 6 atom stereocenters. The summed E-state index contributed by atoms with van der Waals surface area (Å²) < 4.78 is 78.4. The average molecular weight is 531 g/mol. The van der Waals surface area contributed by atoms with Crippen molar-refractivity contribution < 1.29 is 45.9 Å². The first-order valence-electron chi connectivity index (χ1n) is 10.1. The molecule has 17 heteroatoms. The number of halogens is 4. The Morgan fingerprint density at radius 2 is 1.94 bits per heavy atom. The van der Waals surface area contributed by atoms with Gasteiger partial charge in [0.05, 0.1) is 0 Å². The summed E-state index contributed by atoms with van der Waals surface area (Å²) >= 11 is 0.463. The van der Waals surface area contributed by atoms with Crippen LogP contribution in [0.5, 0.6) is 0 Å². The van der Waals surface area contributed by atoms with Crippen LogP contribution in [0.4, 0.5) is 17.6 Å². The molecule has 0 bridgehead atoms. The second-order valence-corrected chi connectivity index (χ2v) is 10.5. The Morgan fingerprint density at radius 1 is 1.24 bits per heavy atom. The number of ether oxygens (including phenoxy) is 2. The van der Waals surface area contributed by atoms with E-state index in [9.17, 15) is 27.3 Å². The summed E-state index contributed by atoms with van der Waals surface area (Å²) in [6.45, 7) is 0.0329. The fraction of sp³-hybridized carbons (Fsp3) is 0.529. The van der Waals surface area contributed by atoms with Crippen LogP contribution in [0, 0.1) is 23.3 Å². The van der Waals surface area contributed by atoms with E-state index in [1.54, 1.807) is 0 Å². The van der Waals surface area contributed by atoms with E-state index >= 15 is 0 Å². The van der Waals surface area contributed by atoms with Gasteiger partial charge in [-0.1, -0.05) is 0 Å². The van der Waals surface area contributed by atoms with Gasteiger partial charge in [-0.15, -0.1) is 0 Å². The van der Waals surface area contributed by atoms with Crippen molar-refractivity contribution in [3.63, 3.8) is 0 Å². The monoisotopic (exact) mass is 531 g/mol. The molecule has 0 aromatic heterocycles. The zero-order valence-electron chi connectivity index (χ0n) is 17.4. The maximum atomic E-state index is 14.5. The standard InChI is InChI=1S/C17H22F4N5O6PS/c1-29-12-11-7(3-30-33(27,28)32-11)31-16(12)26-15-10(14(22)23-4-24-15)25-17(26)34-13-8(20)5(18)2-6(19)9(13)21/h2,7,11-12,14,16-17,23-25,27-28,33H,3-4,22H2,1H3/t7?,11-,12?,14?,16?,17?/m1/s1. The molecule has 0 saturated carbocycles. The van der Waals surface area contributed by atoms with Gasteiger partial charge in [-0.3, -0.25) is 0 Å². The zero-order chi connectivity index (χ0) is 24.4. The Labute approximate surface area is 195 Å². The second kappa shape index (κ2) is 8.89. The molecule has 1 aromatic rings.